The zero-order chi connectivity index (χ0) is 35.0. The number of fused-ring (bicyclic) bond motifs is 2. The Hall–Kier alpha value is -4.87. The Labute approximate surface area is 297 Å². The summed E-state index contributed by atoms with van der Waals surface area (Å²) in [5.41, 5.74) is 4.27. The highest BCUT2D eigenvalue weighted by Gasteiger charge is 2.27. The van der Waals surface area contributed by atoms with Crippen LogP contribution in [0.4, 0.5) is 14.7 Å². The van der Waals surface area contributed by atoms with E-state index in [9.17, 15) is 19.1 Å². The Bertz CT molecular complexity index is 2030. The van der Waals surface area contributed by atoms with Gasteiger partial charge in [0.05, 0.1) is 30.0 Å². The topological polar surface area (TPSA) is 120 Å². The summed E-state index contributed by atoms with van der Waals surface area (Å²) in [5.74, 6) is 5.00. The van der Waals surface area contributed by atoms with Crippen LogP contribution in [0.25, 0.3) is 10.2 Å². The number of carbonyl (C=O) groups is 2. The van der Waals surface area contributed by atoms with E-state index in [0.29, 0.717) is 60.3 Å². The van der Waals surface area contributed by atoms with E-state index in [1.54, 1.807) is 12.1 Å². The summed E-state index contributed by atoms with van der Waals surface area (Å²) in [6.07, 6.45) is 1.71. The molecular formula is C37H37FN6O4S2. The summed E-state index contributed by atoms with van der Waals surface area (Å²) in [6.45, 7) is 1.83. The number of aliphatic hydroxyl groups excluding tert-OH is 1. The number of halogens is 1. The predicted molar refractivity (Wildman–Crippen MR) is 196 cm³/mol. The highest BCUT2D eigenvalue weighted by Crippen LogP contribution is 2.33. The van der Waals surface area contributed by atoms with Crippen molar-refractivity contribution in [2.75, 3.05) is 57.2 Å². The van der Waals surface area contributed by atoms with Crippen LogP contribution < -0.4 is 20.3 Å². The number of anilines is 2. The second kappa shape index (κ2) is 16.2. The predicted octanol–water partition coefficient (Wildman–Crippen LogP) is 5.35. The molecule has 3 N–H and O–H groups in total. The summed E-state index contributed by atoms with van der Waals surface area (Å²) in [6, 6.07) is 18.2. The maximum absolute atomic E-state index is 14.7. The minimum Gasteiger partial charge on any atom is -0.491 e. The minimum absolute atomic E-state index is 0.104. The largest absolute Gasteiger partial charge is 0.491 e. The quantitative estimate of drug-likeness (QED) is 0.117. The Kier molecular flexibility index (Phi) is 11.3. The second-order valence-corrected chi connectivity index (χ2v) is 14.0. The summed E-state index contributed by atoms with van der Waals surface area (Å²) in [4.78, 5) is 40.7. The van der Waals surface area contributed by atoms with Crippen molar-refractivity contribution in [1.82, 2.24) is 20.2 Å². The van der Waals surface area contributed by atoms with Crippen LogP contribution >= 0.6 is 22.7 Å². The van der Waals surface area contributed by atoms with Gasteiger partial charge in [-0.25, -0.2) is 14.4 Å². The van der Waals surface area contributed by atoms with Gasteiger partial charge >= 0.3 is 0 Å². The third-order valence-electron chi connectivity index (χ3n) is 7.97. The summed E-state index contributed by atoms with van der Waals surface area (Å²) in [7, 11) is 3.84. The fraction of sp³-hybridized carbons (Fsp3) is 0.297. The molecule has 6 rings (SSSR count). The van der Waals surface area contributed by atoms with E-state index in [0.717, 1.165) is 26.2 Å². The first-order valence-corrected chi connectivity index (χ1v) is 17.9. The number of nitrogens with zero attached hydrogens (tertiary/aromatic N) is 4. The summed E-state index contributed by atoms with van der Waals surface area (Å²) < 4.78 is 21.4. The molecule has 1 aliphatic rings. The van der Waals surface area contributed by atoms with Gasteiger partial charge in [-0.15, -0.1) is 11.3 Å². The van der Waals surface area contributed by atoms with Crippen LogP contribution in [0.15, 0.2) is 60.7 Å². The van der Waals surface area contributed by atoms with Gasteiger partial charge in [0, 0.05) is 35.6 Å². The van der Waals surface area contributed by atoms with Gasteiger partial charge in [-0.05, 0) is 80.9 Å². The van der Waals surface area contributed by atoms with E-state index in [2.05, 4.69) is 32.4 Å². The molecule has 3 aromatic carbocycles. The average Bonchev–Trinajstić information content (AvgIpc) is 3.73. The third kappa shape index (κ3) is 8.46. The average molecular weight is 713 g/mol. The first-order chi connectivity index (χ1) is 24.3. The third-order valence-corrected chi connectivity index (χ3v) is 10.1. The fourth-order valence-corrected chi connectivity index (χ4v) is 7.52. The molecule has 13 heteroatoms. The van der Waals surface area contributed by atoms with Gasteiger partial charge in [0.15, 0.2) is 21.8 Å². The summed E-state index contributed by atoms with van der Waals surface area (Å²) >= 11 is 2.85. The van der Waals surface area contributed by atoms with Gasteiger partial charge in [-0.3, -0.25) is 19.8 Å². The molecule has 0 spiro atoms. The number of rotatable bonds is 12. The number of amides is 2. The monoisotopic (exact) mass is 712 g/mol. The lowest BCUT2D eigenvalue weighted by atomic mass is 9.94. The molecule has 0 bridgehead atoms. The Balaban J connectivity index is 1.14. The van der Waals surface area contributed by atoms with E-state index >= 15 is 0 Å². The van der Waals surface area contributed by atoms with Crippen molar-refractivity contribution in [2.24, 2.45) is 0 Å². The molecule has 3 heterocycles. The zero-order valence-corrected chi connectivity index (χ0v) is 29.4. The molecular weight excluding hydrogens is 676 g/mol. The van der Waals surface area contributed by atoms with E-state index < -0.39 is 5.82 Å². The number of aliphatic hydroxyl groups is 1. The number of carbonyl (C=O) groups excluding carboxylic acids is 2. The lowest BCUT2D eigenvalue weighted by Crippen LogP contribution is -2.32. The molecule has 0 saturated heterocycles. The molecule has 0 atom stereocenters. The van der Waals surface area contributed by atoms with Gasteiger partial charge in [0.1, 0.15) is 5.69 Å². The molecule has 10 nitrogen and oxygen atoms in total. The van der Waals surface area contributed by atoms with Crippen molar-refractivity contribution in [3.05, 3.63) is 99.3 Å². The van der Waals surface area contributed by atoms with E-state index in [-0.39, 0.29) is 43.0 Å². The lowest BCUT2D eigenvalue weighted by molar-refractivity contribution is 0.0939. The van der Waals surface area contributed by atoms with Crippen molar-refractivity contribution in [1.29, 1.82) is 0 Å². The number of hydrogen-bond donors (Lipinski definition) is 3. The maximum Gasteiger partial charge on any atom is 0.271 e. The summed E-state index contributed by atoms with van der Waals surface area (Å²) in [5, 5.41) is 16.2. The zero-order valence-electron chi connectivity index (χ0n) is 27.8. The number of hydrogen-bond acceptors (Lipinski definition) is 10. The Morgan fingerprint density at radius 1 is 1.08 bits per heavy atom. The highest BCUT2D eigenvalue weighted by molar-refractivity contribution is 7.22. The number of aryl methyl sites for hydroxylation is 1. The van der Waals surface area contributed by atoms with Crippen LogP contribution in [-0.2, 0) is 19.4 Å². The molecule has 1 aliphatic heterocycles. The number of nitrogens with one attached hydrogen (secondary N) is 2. The van der Waals surface area contributed by atoms with E-state index in [4.69, 9.17) is 9.72 Å². The fourth-order valence-electron chi connectivity index (χ4n) is 5.53. The smallest absolute Gasteiger partial charge is 0.271 e. The SMILES string of the molecule is CN(C)CC#Cc1ccc(OCCCc2sc(N3CCc4cccc(C(=O)Nc5nc6ccccc6s5)c4C3)nc2C(=O)NCCO)c(F)c1. The van der Waals surface area contributed by atoms with Gasteiger partial charge < -0.3 is 20.1 Å². The Morgan fingerprint density at radius 2 is 1.94 bits per heavy atom. The number of para-hydroxylation sites is 1. The van der Waals surface area contributed by atoms with Crippen LogP contribution in [-0.4, -0.2) is 78.7 Å². The standard InChI is InChI=1S/C37H37FN6O4S2/c1-43(2)18-6-8-24-14-15-30(28(38)22-24)48-21-7-13-32-33(35(47)39-17-20-45)41-37(50-32)44-19-16-25-9-5-10-26(27(25)23-44)34(46)42-36-40-29-11-3-4-12-31(29)49-36/h3-5,9-12,14-15,22,45H,7,13,16-21,23H2,1-2H3,(H,39,47)(H,40,42,46). The van der Waals surface area contributed by atoms with Crippen LogP contribution in [0.3, 0.4) is 0 Å². The van der Waals surface area contributed by atoms with Gasteiger partial charge in [-0.1, -0.05) is 47.4 Å². The van der Waals surface area contributed by atoms with E-state index in [1.807, 2.05) is 61.5 Å². The van der Waals surface area contributed by atoms with Crippen LogP contribution in [0.5, 0.6) is 5.75 Å². The molecule has 2 amide bonds. The van der Waals surface area contributed by atoms with Crippen molar-refractivity contribution >= 4 is 55.0 Å². The number of benzene rings is 3. The van der Waals surface area contributed by atoms with Gasteiger partial charge in [0.25, 0.3) is 11.8 Å². The lowest BCUT2D eigenvalue weighted by Gasteiger charge is -2.29. The second-order valence-electron chi connectivity index (χ2n) is 11.9. The van der Waals surface area contributed by atoms with Crippen molar-refractivity contribution in [3.63, 3.8) is 0 Å². The number of thiazole rings is 2. The molecule has 0 radical (unpaired) electrons. The molecule has 0 saturated carbocycles. The number of aromatic nitrogens is 2. The van der Waals surface area contributed by atoms with Crippen molar-refractivity contribution in [2.45, 2.75) is 25.8 Å². The first kappa shape index (κ1) is 35.0. The molecule has 2 aromatic heterocycles. The Morgan fingerprint density at radius 3 is 2.74 bits per heavy atom. The van der Waals surface area contributed by atoms with E-state index in [1.165, 1.54) is 28.7 Å². The molecule has 0 unspecified atom stereocenters. The first-order valence-electron chi connectivity index (χ1n) is 16.3. The van der Waals surface area contributed by atoms with Gasteiger partial charge in [0.2, 0.25) is 0 Å². The minimum atomic E-state index is -0.482. The maximum atomic E-state index is 14.7. The molecule has 0 aliphatic carbocycles. The van der Waals surface area contributed by atoms with Crippen molar-refractivity contribution in [3.8, 4) is 17.6 Å². The van der Waals surface area contributed by atoms with Gasteiger partial charge in [-0.2, -0.15) is 0 Å². The van der Waals surface area contributed by atoms with Crippen LogP contribution in [0.1, 0.15) is 48.8 Å². The number of ether oxygens (including phenoxy) is 1. The highest BCUT2D eigenvalue weighted by atomic mass is 32.1. The molecule has 258 valence electrons. The molecule has 0 fully saturated rings. The van der Waals surface area contributed by atoms with Crippen LogP contribution in [0, 0.1) is 17.7 Å². The van der Waals surface area contributed by atoms with Crippen molar-refractivity contribution < 1.29 is 23.8 Å². The molecule has 5 aromatic rings. The normalized spacial score (nSPS) is 12.4. The molecule has 50 heavy (non-hydrogen) atoms. The van der Waals surface area contributed by atoms with Crippen LogP contribution in [0.2, 0.25) is 0 Å².